The number of halogens is 2. The van der Waals surface area contributed by atoms with Crippen LogP contribution in [-0.2, 0) is 0 Å². The van der Waals surface area contributed by atoms with Gasteiger partial charge in [-0.2, -0.15) is 4.39 Å². The van der Waals surface area contributed by atoms with Crippen LogP contribution in [0.2, 0.25) is 0 Å². The number of aliphatic hydroxyl groups is 1. The number of hydrogen-bond acceptors (Lipinski definition) is 5. The van der Waals surface area contributed by atoms with E-state index in [0.717, 1.165) is 6.08 Å². The van der Waals surface area contributed by atoms with Crippen LogP contribution in [0.1, 0.15) is 0 Å². The third-order valence-corrected chi connectivity index (χ3v) is 1.09. The average Bonchev–Trinajstić information content (AvgIpc) is 1.99. The first kappa shape index (κ1) is 8.72. The first-order valence-electron chi connectivity index (χ1n) is 3.25. The van der Waals surface area contributed by atoms with Gasteiger partial charge in [-0.3, -0.25) is 0 Å². The lowest BCUT2D eigenvalue weighted by Crippen LogP contribution is -2.37. The Balaban J connectivity index is 2.49. The van der Waals surface area contributed by atoms with E-state index >= 15 is 0 Å². The van der Waals surface area contributed by atoms with Gasteiger partial charge in [-0.1, -0.05) is 9.58 Å². The fraction of sp³-hybridized carbons (Fsp3) is 0.400. The Hall–Kier alpha value is -1.37. The molecule has 0 saturated heterocycles. The smallest absolute Gasteiger partial charge is 0.239 e. The summed E-state index contributed by atoms with van der Waals surface area (Å²) < 4.78 is 24.6. The van der Waals surface area contributed by atoms with Gasteiger partial charge in [0, 0.05) is 12.6 Å². The van der Waals surface area contributed by atoms with Crippen molar-refractivity contribution in [2.24, 2.45) is 5.10 Å². The van der Waals surface area contributed by atoms with Crippen LogP contribution in [-0.4, -0.2) is 29.6 Å². The maximum absolute atomic E-state index is 12.4. The lowest BCUT2D eigenvalue weighted by molar-refractivity contribution is -0.0231. The molecule has 0 unspecified atom stereocenters. The van der Waals surface area contributed by atoms with Gasteiger partial charge in [0.25, 0.3) is 0 Å². The Kier molecular flexibility index (Phi) is 2.81. The van der Waals surface area contributed by atoms with E-state index in [0.29, 0.717) is 0 Å². The second-order valence-electron chi connectivity index (χ2n) is 2.00. The van der Waals surface area contributed by atoms with E-state index in [1.54, 1.807) is 0 Å². The van der Waals surface area contributed by atoms with Gasteiger partial charge in [0.2, 0.25) is 5.97 Å². The van der Waals surface area contributed by atoms with E-state index in [1.165, 1.54) is 0 Å². The number of hydrogen-bond donors (Lipinski definition) is 3. The van der Waals surface area contributed by atoms with Crippen LogP contribution in [0.4, 0.5) is 8.87 Å². The third kappa shape index (κ3) is 2.35. The third-order valence-electron chi connectivity index (χ3n) is 1.09. The standard InChI is InChI=1S/C5H8F2N4O/c6-4-3-5(8-1-2-12)10-11(7)9-4/h3,8,10,12H,1-2H2. The molecule has 0 saturated carbocycles. The summed E-state index contributed by atoms with van der Waals surface area (Å²) in [5.74, 6) is -0.837. The zero-order chi connectivity index (χ0) is 8.97. The zero-order valence-electron chi connectivity index (χ0n) is 6.09. The van der Waals surface area contributed by atoms with Crippen molar-refractivity contribution in [3.05, 3.63) is 11.9 Å². The number of nitrogens with one attached hydrogen (secondary N) is 2. The lowest BCUT2D eigenvalue weighted by Gasteiger charge is -2.17. The highest BCUT2D eigenvalue weighted by Crippen LogP contribution is 2.00. The molecule has 68 valence electrons. The fourth-order valence-corrected chi connectivity index (χ4v) is 0.670. The highest BCUT2D eigenvalue weighted by atomic mass is 19.2. The molecule has 1 aliphatic heterocycles. The van der Waals surface area contributed by atoms with Gasteiger partial charge in [0.05, 0.1) is 6.61 Å². The van der Waals surface area contributed by atoms with Crippen molar-refractivity contribution >= 4 is 5.97 Å². The summed E-state index contributed by atoms with van der Waals surface area (Å²) in [6, 6.07) is 0. The van der Waals surface area contributed by atoms with Crippen molar-refractivity contribution in [3.63, 3.8) is 0 Å². The Morgan fingerprint density at radius 3 is 3.08 bits per heavy atom. The van der Waals surface area contributed by atoms with Crippen molar-refractivity contribution in [1.82, 2.24) is 16.1 Å². The van der Waals surface area contributed by atoms with Gasteiger partial charge in [0.15, 0.2) is 0 Å². The molecule has 0 atom stereocenters. The number of aliphatic hydroxyl groups excluding tert-OH is 1. The largest absolute Gasteiger partial charge is 0.395 e. The molecular formula is C5H8F2N4O. The predicted molar refractivity (Wildman–Crippen MR) is 37.8 cm³/mol. The zero-order valence-corrected chi connectivity index (χ0v) is 6.09. The van der Waals surface area contributed by atoms with Crippen molar-refractivity contribution < 1.29 is 14.0 Å². The van der Waals surface area contributed by atoms with Crippen molar-refractivity contribution in [3.8, 4) is 0 Å². The normalized spacial score (nSPS) is 16.4. The van der Waals surface area contributed by atoms with Crippen LogP contribution in [0.15, 0.2) is 17.0 Å². The van der Waals surface area contributed by atoms with Gasteiger partial charge in [0.1, 0.15) is 5.82 Å². The molecule has 5 nitrogen and oxygen atoms in total. The minimum atomic E-state index is -0.948. The SMILES string of the molecule is OCCNC1=CC(F)=NN(F)N1. The molecule has 3 N–H and O–H groups in total. The second-order valence-corrected chi connectivity index (χ2v) is 2.00. The summed E-state index contributed by atoms with van der Waals surface area (Å²) in [6.45, 7) is 0.0873. The van der Waals surface area contributed by atoms with Gasteiger partial charge in [-0.15, -0.1) is 0 Å². The van der Waals surface area contributed by atoms with E-state index in [9.17, 15) is 8.87 Å². The summed E-state index contributed by atoms with van der Waals surface area (Å²) >= 11 is 0. The quantitative estimate of drug-likeness (QED) is 0.505. The van der Waals surface area contributed by atoms with E-state index in [2.05, 4.69) is 15.8 Å². The van der Waals surface area contributed by atoms with Crippen LogP contribution in [0.3, 0.4) is 0 Å². The molecule has 0 amide bonds. The Labute approximate surface area is 67.3 Å². The first-order valence-corrected chi connectivity index (χ1v) is 3.25. The Morgan fingerprint density at radius 1 is 1.75 bits per heavy atom. The molecule has 0 fully saturated rings. The van der Waals surface area contributed by atoms with Crippen LogP contribution in [0.25, 0.3) is 0 Å². The first-order chi connectivity index (χ1) is 5.72. The summed E-state index contributed by atoms with van der Waals surface area (Å²) in [5.41, 5.74) is 2.06. The van der Waals surface area contributed by atoms with Gasteiger partial charge < -0.3 is 10.4 Å². The van der Waals surface area contributed by atoms with Gasteiger partial charge in [-0.25, -0.2) is 5.43 Å². The topological polar surface area (TPSA) is 59.9 Å². The summed E-state index contributed by atoms with van der Waals surface area (Å²) in [6.07, 6.45) is 0.978. The molecule has 0 aliphatic carbocycles. The molecule has 1 rings (SSSR count). The highest BCUT2D eigenvalue weighted by Gasteiger charge is 2.10. The molecule has 0 spiro atoms. The van der Waals surface area contributed by atoms with Crippen molar-refractivity contribution in [1.29, 1.82) is 0 Å². The molecule has 0 bridgehead atoms. The number of hydrazine groups is 1. The molecule has 0 aromatic heterocycles. The monoisotopic (exact) mass is 178 g/mol. The van der Waals surface area contributed by atoms with E-state index in [1.807, 2.05) is 0 Å². The van der Waals surface area contributed by atoms with Crippen LogP contribution >= 0.6 is 0 Å². The molecule has 1 aliphatic rings. The van der Waals surface area contributed by atoms with E-state index in [-0.39, 0.29) is 24.3 Å². The second kappa shape index (κ2) is 3.86. The van der Waals surface area contributed by atoms with E-state index < -0.39 is 5.97 Å². The highest BCUT2D eigenvalue weighted by molar-refractivity contribution is 5.87. The number of nitrogens with zero attached hydrogens (tertiary/aromatic N) is 2. The maximum atomic E-state index is 12.4. The molecule has 0 aromatic rings. The minimum absolute atomic E-state index is 0.110. The van der Waals surface area contributed by atoms with Gasteiger partial charge >= 0.3 is 0 Å². The van der Waals surface area contributed by atoms with Crippen LogP contribution in [0.5, 0.6) is 0 Å². The maximum Gasteiger partial charge on any atom is 0.239 e. The molecule has 7 heteroatoms. The average molecular weight is 178 g/mol. The molecule has 0 aromatic carbocycles. The van der Waals surface area contributed by atoms with Crippen molar-refractivity contribution in [2.45, 2.75) is 0 Å². The Morgan fingerprint density at radius 2 is 2.50 bits per heavy atom. The molecule has 12 heavy (non-hydrogen) atoms. The van der Waals surface area contributed by atoms with Crippen LogP contribution in [0, 0.1) is 0 Å². The van der Waals surface area contributed by atoms with Crippen molar-refractivity contribution in [2.75, 3.05) is 13.2 Å². The predicted octanol–water partition coefficient (Wildman–Crippen LogP) is -0.603. The fourth-order valence-electron chi connectivity index (χ4n) is 0.670. The number of rotatable bonds is 3. The lowest BCUT2D eigenvalue weighted by atomic mass is 10.5. The van der Waals surface area contributed by atoms with Crippen LogP contribution < -0.4 is 10.7 Å². The summed E-state index contributed by atoms with van der Waals surface area (Å²) in [5, 5.41) is 13.4. The summed E-state index contributed by atoms with van der Waals surface area (Å²) in [7, 11) is 0. The molecular weight excluding hydrogens is 170 g/mol. The molecule has 1 heterocycles. The summed E-state index contributed by atoms with van der Waals surface area (Å²) in [4.78, 5) is 0. The minimum Gasteiger partial charge on any atom is -0.395 e. The number of hydrazone groups is 1. The molecule has 0 radical (unpaired) electrons. The number of allylic oxidation sites excluding steroid dienone is 1. The van der Waals surface area contributed by atoms with E-state index in [4.69, 9.17) is 5.11 Å². The Bertz CT molecular complexity index is 217. The van der Waals surface area contributed by atoms with Gasteiger partial charge in [-0.05, 0) is 5.34 Å².